The Morgan fingerprint density at radius 2 is 2.33 bits per heavy atom. The molecule has 2 N–H and O–H groups in total. The van der Waals surface area contributed by atoms with Crippen molar-refractivity contribution >= 4 is 17.2 Å². The number of nitrogens with one attached hydrogen (secondary N) is 1. The van der Waals surface area contributed by atoms with Crippen LogP contribution in [0.4, 0.5) is 0 Å². The average molecular weight is 303 g/mol. The van der Waals surface area contributed by atoms with Crippen LogP contribution in [0.15, 0.2) is 11.4 Å². The van der Waals surface area contributed by atoms with Crippen molar-refractivity contribution in [1.82, 2.24) is 5.32 Å². The molecule has 1 aromatic heterocycles. The molecule has 1 heterocycles. The average Bonchev–Trinajstić information content (AvgIpc) is 3.19. The van der Waals surface area contributed by atoms with E-state index in [1.165, 1.54) is 25.7 Å². The van der Waals surface area contributed by atoms with Crippen molar-refractivity contribution in [2.45, 2.75) is 38.6 Å². The first-order valence-corrected chi connectivity index (χ1v) is 8.57. The van der Waals surface area contributed by atoms with Crippen LogP contribution in [0, 0.1) is 29.6 Å². The first kappa shape index (κ1) is 14.6. The third-order valence-corrected chi connectivity index (χ3v) is 5.75. The molecule has 3 nitrogen and oxygen atoms in total. The zero-order valence-electron chi connectivity index (χ0n) is 12.1. The Kier molecular flexibility index (Phi) is 4.62. The lowest BCUT2D eigenvalue weighted by Crippen LogP contribution is -2.26. The molecule has 0 spiro atoms. The Hall–Kier alpha value is -1.31. The highest BCUT2D eigenvalue weighted by molar-refractivity contribution is 7.10. The van der Waals surface area contributed by atoms with Gasteiger partial charge in [-0.05, 0) is 48.5 Å². The molecule has 0 saturated heterocycles. The molecule has 0 aromatic carbocycles. The number of carbonyl (C=O) groups is 1. The van der Waals surface area contributed by atoms with Crippen LogP contribution in [0.1, 0.15) is 42.5 Å². The Balaban J connectivity index is 1.49. The monoisotopic (exact) mass is 303 g/mol. The van der Waals surface area contributed by atoms with E-state index in [1.54, 1.807) is 11.3 Å². The number of aliphatic hydroxyl groups excluding tert-OH is 1. The molecule has 21 heavy (non-hydrogen) atoms. The Labute approximate surface area is 129 Å². The van der Waals surface area contributed by atoms with Gasteiger partial charge in [0, 0.05) is 16.9 Å². The summed E-state index contributed by atoms with van der Waals surface area (Å²) >= 11 is 1.60. The molecule has 112 valence electrons. The molecule has 0 aliphatic heterocycles. The smallest absolute Gasteiger partial charge is 0.220 e. The topological polar surface area (TPSA) is 49.3 Å². The van der Waals surface area contributed by atoms with Crippen molar-refractivity contribution < 1.29 is 9.90 Å². The third kappa shape index (κ3) is 3.48. The second-order valence-electron chi connectivity index (χ2n) is 6.13. The van der Waals surface area contributed by atoms with Crippen molar-refractivity contribution in [3.63, 3.8) is 0 Å². The molecule has 3 atom stereocenters. The number of hydrogen-bond acceptors (Lipinski definition) is 3. The lowest BCUT2D eigenvalue weighted by atomic mass is 9.86. The summed E-state index contributed by atoms with van der Waals surface area (Å²) in [5.74, 6) is 8.05. The fraction of sp³-hybridized carbons (Fsp3) is 0.588. The van der Waals surface area contributed by atoms with Gasteiger partial charge >= 0.3 is 0 Å². The van der Waals surface area contributed by atoms with E-state index in [9.17, 15) is 4.79 Å². The van der Waals surface area contributed by atoms with E-state index in [0.717, 1.165) is 22.3 Å². The summed E-state index contributed by atoms with van der Waals surface area (Å²) in [7, 11) is 0. The molecule has 3 unspecified atom stereocenters. The van der Waals surface area contributed by atoms with Gasteiger partial charge < -0.3 is 10.4 Å². The van der Waals surface area contributed by atoms with Gasteiger partial charge in [-0.2, -0.15) is 0 Å². The van der Waals surface area contributed by atoms with E-state index in [-0.39, 0.29) is 12.5 Å². The zero-order valence-corrected chi connectivity index (χ0v) is 12.9. The Morgan fingerprint density at radius 1 is 1.43 bits per heavy atom. The second-order valence-corrected chi connectivity index (χ2v) is 7.13. The number of hydrogen-bond donors (Lipinski definition) is 2. The minimum absolute atomic E-state index is 0.133. The summed E-state index contributed by atoms with van der Waals surface area (Å²) in [6, 6.07) is 1.94. The Bertz CT molecular complexity index is 569. The van der Waals surface area contributed by atoms with Gasteiger partial charge in [0.15, 0.2) is 0 Å². The second kappa shape index (κ2) is 6.64. The molecule has 1 aromatic rings. The predicted octanol–water partition coefficient (Wildman–Crippen LogP) is 2.53. The summed E-state index contributed by atoms with van der Waals surface area (Å²) in [6.07, 6.45) is 6.00. The lowest BCUT2D eigenvalue weighted by molar-refractivity contribution is -0.122. The van der Waals surface area contributed by atoms with E-state index in [4.69, 9.17) is 5.11 Å². The minimum Gasteiger partial charge on any atom is -0.384 e. The summed E-state index contributed by atoms with van der Waals surface area (Å²) in [5, 5.41) is 13.7. The number of fused-ring (bicyclic) bond motifs is 2. The zero-order chi connectivity index (χ0) is 14.7. The number of carbonyl (C=O) groups excluding carboxylic acids is 1. The van der Waals surface area contributed by atoms with Crippen molar-refractivity contribution in [3.8, 4) is 11.8 Å². The van der Waals surface area contributed by atoms with Gasteiger partial charge in [0.05, 0.1) is 6.54 Å². The predicted molar refractivity (Wildman–Crippen MR) is 83.7 cm³/mol. The highest BCUT2D eigenvalue weighted by Crippen LogP contribution is 2.49. The molecule has 2 bridgehead atoms. The molecule has 3 rings (SSSR count). The quantitative estimate of drug-likeness (QED) is 0.840. The van der Waals surface area contributed by atoms with Crippen LogP contribution in [-0.4, -0.2) is 17.6 Å². The number of rotatable bonds is 4. The summed E-state index contributed by atoms with van der Waals surface area (Å²) in [6.45, 7) is 0.415. The van der Waals surface area contributed by atoms with Crippen LogP contribution in [0.25, 0.3) is 0 Å². The van der Waals surface area contributed by atoms with Gasteiger partial charge in [0.1, 0.15) is 6.61 Å². The highest BCUT2D eigenvalue weighted by Gasteiger charge is 2.39. The van der Waals surface area contributed by atoms with Crippen LogP contribution >= 0.6 is 11.3 Å². The standard InChI is InChI=1S/C17H21NO2S/c19-6-1-2-13-5-7-21-16(13)11-18-17(20)10-15-9-12-3-4-14(15)8-12/h5,7,12,14-15,19H,3-4,6,8-11H2,(H,18,20). The normalized spacial score (nSPS) is 26.4. The van der Waals surface area contributed by atoms with Crippen LogP contribution < -0.4 is 5.32 Å². The van der Waals surface area contributed by atoms with Crippen molar-refractivity contribution in [3.05, 3.63) is 21.9 Å². The van der Waals surface area contributed by atoms with Crippen LogP contribution in [0.2, 0.25) is 0 Å². The maximum Gasteiger partial charge on any atom is 0.220 e. The fourth-order valence-corrected chi connectivity index (χ4v) is 4.61. The van der Waals surface area contributed by atoms with E-state index >= 15 is 0 Å². The highest BCUT2D eigenvalue weighted by atomic mass is 32.1. The molecule has 1 amide bonds. The van der Waals surface area contributed by atoms with Gasteiger partial charge in [-0.3, -0.25) is 4.79 Å². The molecule has 2 saturated carbocycles. The molecular weight excluding hydrogens is 282 g/mol. The van der Waals surface area contributed by atoms with Gasteiger partial charge in [-0.1, -0.05) is 18.3 Å². The molecule has 2 aliphatic carbocycles. The summed E-state index contributed by atoms with van der Waals surface area (Å²) in [5.41, 5.74) is 0.911. The van der Waals surface area contributed by atoms with E-state index in [1.807, 2.05) is 11.4 Å². The van der Waals surface area contributed by atoms with Crippen molar-refractivity contribution in [2.24, 2.45) is 17.8 Å². The van der Waals surface area contributed by atoms with Gasteiger partial charge in [0.25, 0.3) is 0 Å². The maximum absolute atomic E-state index is 12.1. The number of amides is 1. The SMILES string of the molecule is O=C(CC1CC2CCC1C2)NCc1sccc1C#CCO. The molecule has 4 heteroatoms. The van der Waals surface area contributed by atoms with Crippen molar-refractivity contribution in [1.29, 1.82) is 0 Å². The molecule has 2 aliphatic rings. The first-order valence-electron chi connectivity index (χ1n) is 7.69. The van der Waals surface area contributed by atoms with E-state index in [2.05, 4.69) is 17.2 Å². The van der Waals surface area contributed by atoms with Crippen molar-refractivity contribution in [2.75, 3.05) is 6.61 Å². The van der Waals surface area contributed by atoms with Crippen LogP contribution in [0.3, 0.4) is 0 Å². The fourth-order valence-electron chi connectivity index (χ4n) is 3.84. The molecule has 2 fully saturated rings. The largest absolute Gasteiger partial charge is 0.384 e. The first-order chi connectivity index (χ1) is 10.3. The molecular formula is C17H21NO2S. The number of thiophene rings is 1. The van der Waals surface area contributed by atoms with E-state index < -0.39 is 0 Å². The lowest BCUT2D eigenvalue weighted by Gasteiger charge is -2.20. The summed E-state index contributed by atoms with van der Waals surface area (Å²) in [4.78, 5) is 13.2. The number of aliphatic hydroxyl groups is 1. The van der Waals surface area contributed by atoms with Gasteiger partial charge in [-0.15, -0.1) is 11.3 Å². The van der Waals surface area contributed by atoms with Gasteiger partial charge in [-0.25, -0.2) is 0 Å². The maximum atomic E-state index is 12.1. The van der Waals surface area contributed by atoms with Crippen LogP contribution in [0.5, 0.6) is 0 Å². The molecule has 0 radical (unpaired) electrons. The summed E-state index contributed by atoms with van der Waals surface area (Å²) < 4.78 is 0. The van der Waals surface area contributed by atoms with Gasteiger partial charge in [0.2, 0.25) is 5.91 Å². The van der Waals surface area contributed by atoms with Crippen LogP contribution in [-0.2, 0) is 11.3 Å². The third-order valence-electron chi connectivity index (χ3n) is 4.83. The van der Waals surface area contributed by atoms with E-state index in [0.29, 0.717) is 18.9 Å². The Morgan fingerprint density at radius 3 is 3.05 bits per heavy atom. The minimum atomic E-state index is -0.133.